The molecule has 0 aliphatic heterocycles. The average molecular weight is 227 g/mol. The molecule has 96 valence electrons. The lowest BCUT2D eigenvalue weighted by Crippen LogP contribution is -2.43. The van der Waals surface area contributed by atoms with Crippen molar-refractivity contribution in [2.24, 2.45) is 11.3 Å². The van der Waals surface area contributed by atoms with Gasteiger partial charge in [0.25, 0.3) is 0 Å². The van der Waals surface area contributed by atoms with Gasteiger partial charge in [-0.25, -0.2) is 0 Å². The number of hydrogen-bond donors (Lipinski definition) is 2. The quantitative estimate of drug-likeness (QED) is 0.731. The molecular formula is C14H29NO. The minimum Gasteiger partial charge on any atom is -0.396 e. The van der Waals surface area contributed by atoms with Gasteiger partial charge in [-0.1, -0.05) is 33.6 Å². The molecule has 1 rings (SSSR count). The molecule has 0 aromatic heterocycles. The first-order valence-electron chi connectivity index (χ1n) is 7.00. The molecule has 0 amide bonds. The third-order valence-corrected chi connectivity index (χ3v) is 4.54. The fraction of sp³-hybridized carbons (Fsp3) is 1.00. The molecule has 0 spiro atoms. The first-order valence-corrected chi connectivity index (χ1v) is 7.00. The molecular weight excluding hydrogens is 198 g/mol. The van der Waals surface area contributed by atoms with Gasteiger partial charge in [0, 0.05) is 24.6 Å². The van der Waals surface area contributed by atoms with Crippen molar-refractivity contribution < 1.29 is 5.11 Å². The lowest BCUT2D eigenvalue weighted by atomic mass is 9.81. The van der Waals surface area contributed by atoms with Crippen LogP contribution in [0.1, 0.15) is 59.3 Å². The van der Waals surface area contributed by atoms with E-state index >= 15 is 0 Å². The van der Waals surface area contributed by atoms with E-state index in [0.29, 0.717) is 12.6 Å². The number of rotatable bonds is 6. The van der Waals surface area contributed by atoms with Crippen LogP contribution in [0.3, 0.4) is 0 Å². The van der Waals surface area contributed by atoms with Gasteiger partial charge in [0.05, 0.1) is 0 Å². The van der Waals surface area contributed by atoms with Gasteiger partial charge in [-0.3, -0.25) is 0 Å². The topological polar surface area (TPSA) is 32.3 Å². The Hall–Kier alpha value is -0.0800. The van der Waals surface area contributed by atoms with Gasteiger partial charge in [-0.05, 0) is 31.6 Å². The van der Waals surface area contributed by atoms with Gasteiger partial charge in [-0.2, -0.15) is 0 Å². The summed E-state index contributed by atoms with van der Waals surface area (Å²) >= 11 is 0. The number of hydrogen-bond acceptors (Lipinski definition) is 2. The summed E-state index contributed by atoms with van der Waals surface area (Å²) < 4.78 is 0. The first-order chi connectivity index (χ1) is 7.65. The van der Waals surface area contributed by atoms with Crippen LogP contribution in [-0.4, -0.2) is 24.3 Å². The summed E-state index contributed by atoms with van der Waals surface area (Å²) in [6, 6.07) is 0.688. The molecule has 0 saturated heterocycles. The SMILES string of the molecule is CCC(CC)(CO)CNC1CCCC(C)C1. The maximum absolute atomic E-state index is 9.52. The standard InChI is InChI=1S/C14H29NO/c1-4-14(5-2,11-16)10-15-13-8-6-7-12(3)9-13/h12-13,15-16H,4-11H2,1-3H3. The third kappa shape index (κ3) is 3.74. The molecule has 0 aromatic rings. The maximum atomic E-state index is 9.52. The van der Waals surface area contributed by atoms with Gasteiger partial charge in [-0.15, -0.1) is 0 Å². The van der Waals surface area contributed by atoms with Gasteiger partial charge in [0.1, 0.15) is 0 Å². The first kappa shape index (κ1) is 14.0. The van der Waals surface area contributed by atoms with Crippen LogP contribution in [0.2, 0.25) is 0 Å². The third-order valence-electron chi connectivity index (χ3n) is 4.54. The van der Waals surface area contributed by atoms with Gasteiger partial charge >= 0.3 is 0 Å². The van der Waals surface area contributed by atoms with Gasteiger partial charge in [0.15, 0.2) is 0 Å². The minimum atomic E-state index is 0.112. The molecule has 1 saturated carbocycles. The molecule has 2 nitrogen and oxygen atoms in total. The minimum absolute atomic E-state index is 0.112. The molecule has 2 unspecified atom stereocenters. The smallest absolute Gasteiger partial charge is 0.0499 e. The van der Waals surface area contributed by atoms with E-state index in [1.165, 1.54) is 25.7 Å². The van der Waals surface area contributed by atoms with Crippen LogP contribution in [0, 0.1) is 11.3 Å². The van der Waals surface area contributed by atoms with Crippen molar-refractivity contribution in [3.05, 3.63) is 0 Å². The van der Waals surface area contributed by atoms with Crippen LogP contribution in [0.15, 0.2) is 0 Å². The molecule has 0 bridgehead atoms. The maximum Gasteiger partial charge on any atom is 0.0499 e. The summed E-state index contributed by atoms with van der Waals surface area (Å²) in [5, 5.41) is 13.2. The molecule has 16 heavy (non-hydrogen) atoms. The van der Waals surface area contributed by atoms with E-state index in [2.05, 4.69) is 26.1 Å². The van der Waals surface area contributed by atoms with Gasteiger partial charge < -0.3 is 10.4 Å². The summed E-state index contributed by atoms with van der Waals surface area (Å²) in [5.74, 6) is 0.873. The second-order valence-corrected chi connectivity index (χ2v) is 5.71. The largest absolute Gasteiger partial charge is 0.396 e. The summed E-state index contributed by atoms with van der Waals surface area (Å²) in [6.45, 7) is 8.02. The van der Waals surface area contributed by atoms with Crippen molar-refractivity contribution in [3.8, 4) is 0 Å². The summed E-state index contributed by atoms with van der Waals surface area (Å²) in [5.41, 5.74) is 0.112. The Morgan fingerprint density at radius 2 is 1.94 bits per heavy atom. The van der Waals surface area contributed by atoms with E-state index in [9.17, 15) is 5.11 Å². The molecule has 0 radical (unpaired) electrons. The molecule has 0 aromatic carbocycles. The van der Waals surface area contributed by atoms with E-state index in [4.69, 9.17) is 0 Å². The molecule has 2 N–H and O–H groups in total. The molecule has 1 aliphatic carbocycles. The summed E-state index contributed by atoms with van der Waals surface area (Å²) in [4.78, 5) is 0. The predicted molar refractivity (Wildman–Crippen MR) is 69.5 cm³/mol. The Balaban J connectivity index is 2.36. The number of aliphatic hydroxyl groups excluding tert-OH is 1. The molecule has 2 atom stereocenters. The summed E-state index contributed by atoms with van der Waals surface area (Å²) in [7, 11) is 0. The Kier molecular flexibility index (Phi) is 5.77. The average Bonchev–Trinajstić information content (AvgIpc) is 2.32. The summed E-state index contributed by atoms with van der Waals surface area (Å²) in [6.07, 6.45) is 7.52. The lowest BCUT2D eigenvalue weighted by Gasteiger charge is -2.34. The van der Waals surface area contributed by atoms with Crippen molar-refractivity contribution in [1.29, 1.82) is 0 Å². The highest BCUT2D eigenvalue weighted by Gasteiger charge is 2.27. The zero-order valence-corrected chi connectivity index (χ0v) is 11.3. The monoisotopic (exact) mass is 227 g/mol. The van der Waals surface area contributed by atoms with Crippen molar-refractivity contribution in [1.82, 2.24) is 5.32 Å². The van der Waals surface area contributed by atoms with E-state index in [1.54, 1.807) is 0 Å². The Labute approximate surface area is 101 Å². The van der Waals surface area contributed by atoms with Crippen molar-refractivity contribution in [2.75, 3.05) is 13.2 Å². The van der Waals surface area contributed by atoms with Crippen LogP contribution in [0.5, 0.6) is 0 Å². The van der Waals surface area contributed by atoms with Crippen LogP contribution < -0.4 is 5.32 Å². The predicted octanol–water partition coefficient (Wildman–Crippen LogP) is 2.95. The zero-order valence-electron chi connectivity index (χ0n) is 11.3. The Morgan fingerprint density at radius 3 is 2.44 bits per heavy atom. The van der Waals surface area contributed by atoms with E-state index in [0.717, 1.165) is 25.3 Å². The highest BCUT2D eigenvalue weighted by molar-refractivity contribution is 4.82. The van der Waals surface area contributed by atoms with Crippen LogP contribution >= 0.6 is 0 Å². The fourth-order valence-electron chi connectivity index (χ4n) is 2.76. The molecule has 2 heteroatoms. The number of nitrogens with one attached hydrogen (secondary N) is 1. The fourth-order valence-corrected chi connectivity index (χ4v) is 2.76. The number of aliphatic hydroxyl groups is 1. The Bertz CT molecular complexity index is 181. The van der Waals surface area contributed by atoms with E-state index in [-0.39, 0.29) is 5.41 Å². The molecule has 0 heterocycles. The van der Waals surface area contributed by atoms with E-state index < -0.39 is 0 Å². The van der Waals surface area contributed by atoms with Crippen molar-refractivity contribution in [3.63, 3.8) is 0 Å². The Morgan fingerprint density at radius 1 is 1.25 bits per heavy atom. The lowest BCUT2D eigenvalue weighted by molar-refractivity contribution is 0.106. The van der Waals surface area contributed by atoms with Gasteiger partial charge in [0.2, 0.25) is 0 Å². The van der Waals surface area contributed by atoms with Crippen LogP contribution in [0.4, 0.5) is 0 Å². The van der Waals surface area contributed by atoms with Crippen LogP contribution in [-0.2, 0) is 0 Å². The zero-order chi connectivity index (χ0) is 12.0. The van der Waals surface area contributed by atoms with Crippen molar-refractivity contribution in [2.45, 2.75) is 65.3 Å². The molecule has 1 aliphatic rings. The highest BCUT2D eigenvalue weighted by atomic mass is 16.3. The second kappa shape index (κ2) is 6.61. The highest BCUT2D eigenvalue weighted by Crippen LogP contribution is 2.27. The molecule has 1 fully saturated rings. The normalized spacial score (nSPS) is 27.0. The van der Waals surface area contributed by atoms with Crippen LogP contribution in [0.25, 0.3) is 0 Å². The van der Waals surface area contributed by atoms with E-state index in [1.807, 2.05) is 0 Å². The van der Waals surface area contributed by atoms with Crippen molar-refractivity contribution >= 4 is 0 Å². The second-order valence-electron chi connectivity index (χ2n) is 5.71.